The molecule has 1 aliphatic rings. The predicted octanol–water partition coefficient (Wildman–Crippen LogP) is 3.84. The number of anilines is 1. The number of carbonyl (C=O) groups excluding carboxylic acids is 1. The van der Waals surface area contributed by atoms with Gasteiger partial charge in [0.1, 0.15) is 5.52 Å². The number of amides is 1. The molecule has 1 amide bonds. The van der Waals surface area contributed by atoms with Gasteiger partial charge < -0.3 is 15.0 Å². The van der Waals surface area contributed by atoms with E-state index in [0.29, 0.717) is 31.3 Å². The van der Waals surface area contributed by atoms with E-state index in [4.69, 9.17) is 21.4 Å². The number of ether oxygens (including phenoxy) is 1. The smallest absolute Gasteiger partial charge is 0.224 e. The van der Waals surface area contributed by atoms with Crippen LogP contribution in [-0.4, -0.2) is 58.7 Å². The molecule has 1 atom stereocenters. The van der Waals surface area contributed by atoms with E-state index >= 15 is 0 Å². The second kappa shape index (κ2) is 10.5. The molecule has 8 nitrogen and oxygen atoms in total. The molecule has 0 spiro atoms. The molecule has 1 N–H and O–H groups in total. The summed E-state index contributed by atoms with van der Waals surface area (Å²) in [6.07, 6.45) is 2.61. The molecule has 1 saturated heterocycles. The minimum atomic E-state index is -0.0801. The second-order valence-corrected chi connectivity index (χ2v) is 8.87. The number of rotatable bonds is 8. The van der Waals surface area contributed by atoms with Gasteiger partial charge in [0.05, 0.1) is 28.4 Å². The summed E-state index contributed by atoms with van der Waals surface area (Å²) in [7, 11) is 0. The number of hydrogen-bond acceptors (Lipinski definition) is 6. The average Bonchev–Trinajstić information content (AvgIpc) is 3.17. The van der Waals surface area contributed by atoms with Crippen LogP contribution in [-0.2, 0) is 9.53 Å². The number of nitrogens with zero attached hydrogens (tertiary/aromatic N) is 5. The summed E-state index contributed by atoms with van der Waals surface area (Å²) >= 11 is 6.07. The first-order valence-corrected chi connectivity index (χ1v) is 12.0. The lowest BCUT2D eigenvalue weighted by Gasteiger charge is -2.32. The van der Waals surface area contributed by atoms with Crippen molar-refractivity contribution in [3.05, 3.63) is 40.7 Å². The van der Waals surface area contributed by atoms with Crippen LogP contribution in [0.3, 0.4) is 0 Å². The second-order valence-electron chi connectivity index (χ2n) is 8.43. The van der Waals surface area contributed by atoms with Crippen molar-refractivity contribution in [2.45, 2.75) is 40.0 Å². The van der Waals surface area contributed by atoms with Crippen LogP contribution in [0.15, 0.2) is 24.3 Å². The van der Waals surface area contributed by atoms with Gasteiger partial charge in [0.25, 0.3) is 0 Å². The van der Waals surface area contributed by atoms with Crippen molar-refractivity contribution in [3.63, 3.8) is 0 Å². The summed E-state index contributed by atoms with van der Waals surface area (Å²) in [6, 6.07) is 7.61. The summed E-state index contributed by atoms with van der Waals surface area (Å²) in [5, 5.41) is 18.6. The van der Waals surface area contributed by atoms with Crippen LogP contribution in [0.1, 0.15) is 37.6 Å². The van der Waals surface area contributed by atoms with Crippen LogP contribution in [0.5, 0.6) is 0 Å². The third kappa shape index (κ3) is 5.12. The van der Waals surface area contributed by atoms with Gasteiger partial charge in [-0.3, -0.25) is 4.79 Å². The van der Waals surface area contributed by atoms with Gasteiger partial charge in [-0.25, -0.2) is 4.68 Å². The Labute approximate surface area is 199 Å². The molecule has 0 aliphatic carbocycles. The summed E-state index contributed by atoms with van der Waals surface area (Å²) in [6.45, 7) is 9.40. The third-order valence-corrected chi connectivity index (χ3v) is 6.37. The maximum atomic E-state index is 12.8. The molecule has 3 heterocycles. The van der Waals surface area contributed by atoms with E-state index < -0.39 is 0 Å². The van der Waals surface area contributed by atoms with Crippen molar-refractivity contribution in [3.8, 4) is 5.69 Å². The van der Waals surface area contributed by atoms with Crippen molar-refractivity contribution >= 4 is 34.2 Å². The maximum Gasteiger partial charge on any atom is 0.224 e. The minimum absolute atomic E-state index is 0.0801. The molecule has 1 fully saturated rings. The van der Waals surface area contributed by atoms with Crippen molar-refractivity contribution in [2.75, 3.05) is 37.7 Å². The van der Waals surface area contributed by atoms with Crippen LogP contribution >= 0.6 is 11.6 Å². The summed E-state index contributed by atoms with van der Waals surface area (Å²) in [5.41, 5.74) is 3.59. The van der Waals surface area contributed by atoms with E-state index in [9.17, 15) is 4.79 Å². The number of halogens is 1. The molecule has 0 saturated carbocycles. The molecule has 0 bridgehead atoms. The van der Waals surface area contributed by atoms with Crippen molar-refractivity contribution in [1.29, 1.82) is 0 Å². The molecule has 4 rings (SSSR count). The highest BCUT2D eigenvalue weighted by Crippen LogP contribution is 2.31. The minimum Gasteiger partial charge on any atom is -0.382 e. The Kier molecular flexibility index (Phi) is 7.45. The van der Waals surface area contributed by atoms with E-state index in [0.717, 1.165) is 59.6 Å². The SMILES string of the molecule is CCOCCCNC(=O)C1CCCN(c2nnc(C)c3c(C)n(-c4ccc(Cl)cc4)nc23)C1. The fraction of sp³-hybridized carbons (Fsp3) is 0.500. The highest BCUT2D eigenvalue weighted by molar-refractivity contribution is 6.30. The van der Waals surface area contributed by atoms with Crippen molar-refractivity contribution < 1.29 is 9.53 Å². The molecule has 1 unspecified atom stereocenters. The molecule has 33 heavy (non-hydrogen) atoms. The lowest BCUT2D eigenvalue weighted by molar-refractivity contribution is -0.125. The number of hydrogen-bond donors (Lipinski definition) is 1. The molecule has 1 aliphatic heterocycles. The normalized spacial score (nSPS) is 16.4. The maximum absolute atomic E-state index is 12.8. The lowest BCUT2D eigenvalue weighted by atomic mass is 9.97. The highest BCUT2D eigenvalue weighted by atomic mass is 35.5. The molecule has 3 aromatic rings. The van der Waals surface area contributed by atoms with E-state index in [2.05, 4.69) is 20.4 Å². The predicted molar refractivity (Wildman–Crippen MR) is 130 cm³/mol. The Bertz CT molecular complexity index is 1110. The van der Waals surface area contributed by atoms with E-state index in [1.165, 1.54) is 0 Å². The first kappa shape index (κ1) is 23.4. The van der Waals surface area contributed by atoms with Gasteiger partial charge >= 0.3 is 0 Å². The largest absolute Gasteiger partial charge is 0.382 e. The Morgan fingerprint density at radius 3 is 2.79 bits per heavy atom. The standard InChI is InChI=1S/C24H31ClN6O2/c1-4-33-14-6-12-26-24(32)18-7-5-13-30(15-18)23-22-21(16(2)27-28-23)17(3)31(29-22)20-10-8-19(25)9-11-20/h8-11,18H,4-7,12-15H2,1-3H3,(H,26,32). The van der Waals surface area contributed by atoms with Gasteiger partial charge in [0.15, 0.2) is 5.82 Å². The third-order valence-electron chi connectivity index (χ3n) is 6.12. The quantitative estimate of drug-likeness (QED) is 0.503. The molecular formula is C24H31ClN6O2. The molecule has 176 valence electrons. The topological polar surface area (TPSA) is 85.2 Å². The zero-order valence-electron chi connectivity index (χ0n) is 19.5. The van der Waals surface area contributed by atoms with Crippen LogP contribution in [0.2, 0.25) is 5.02 Å². The van der Waals surface area contributed by atoms with Gasteiger partial charge in [0.2, 0.25) is 5.91 Å². The highest BCUT2D eigenvalue weighted by Gasteiger charge is 2.29. The number of aromatic nitrogens is 4. The van der Waals surface area contributed by atoms with Crippen LogP contribution < -0.4 is 10.2 Å². The Balaban J connectivity index is 1.56. The fourth-order valence-corrected chi connectivity index (χ4v) is 4.54. The Hall–Kier alpha value is -2.71. The Morgan fingerprint density at radius 1 is 1.24 bits per heavy atom. The molecule has 0 radical (unpaired) electrons. The van der Waals surface area contributed by atoms with Gasteiger partial charge in [-0.05, 0) is 64.3 Å². The number of benzene rings is 1. The molecule has 1 aromatic carbocycles. The van der Waals surface area contributed by atoms with Crippen molar-refractivity contribution in [2.24, 2.45) is 5.92 Å². The van der Waals surface area contributed by atoms with E-state index in [1.54, 1.807) is 0 Å². The molecule has 9 heteroatoms. The first-order chi connectivity index (χ1) is 16.0. The van der Waals surface area contributed by atoms with E-state index in [1.807, 2.05) is 49.7 Å². The van der Waals surface area contributed by atoms with E-state index in [-0.39, 0.29) is 11.8 Å². The van der Waals surface area contributed by atoms with Crippen LogP contribution in [0.4, 0.5) is 5.82 Å². The monoisotopic (exact) mass is 470 g/mol. The van der Waals surface area contributed by atoms with Gasteiger partial charge in [-0.1, -0.05) is 11.6 Å². The number of nitrogens with one attached hydrogen (secondary N) is 1. The molecular weight excluding hydrogens is 440 g/mol. The number of piperidine rings is 1. The van der Waals surface area contributed by atoms with Crippen LogP contribution in [0, 0.1) is 19.8 Å². The van der Waals surface area contributed by atoms with Gasteiger partial charge in [0, 0.05) is 37.9 Å². The summed E-state index contributed by atoms with van der Waals surface area (Å²) in [4.78, 5) is 14.9. The fourth-order valence-electron chi connectivity index (χ4n) is 4.42. The number of carbonyl (C=O) groups is 1. The lowest BCUT2D eigenvalue weighted by Crippen LogP contribution is -2.43. The zero-order chi connectivity index (χ0) is 23.4. The average molecular weight is 471 g/mol. The molecule has 2 aromatic heterocycles. The first-order valence-electron chi connectivity index (χ1n) is 11.6. The summed E-state index contributed by atoms with van der Waals surface area (Å²) in [5.74, 6) is 0.749. The zero-order valence-corrected chi connectivity index (χ0v) is 20.2. The Morgan fingerprint density at radius 2 is 2.03 bits per heavy atom. The summed E-state index contributed by atoms with van der Waals surface area (Å²) < 4.78 is 7.26. The van der Waals surface area contributed by atoms with Crippen molar-refractivity contribution in [1.82, 2.24) is 25.3 Å². The number of fused-ring (bicyclic) bond motifs is 1. The van der Waals surface area contributed by atoms with Gasteiger partial charge in [-0.15, -0.1) is 5.10 Å². The van der Waals surface area contributed by atoms with Crippen LogP contribution in [0.25, 0.3) is 16.6 Å². The number of aryl methyl sites for hydroxylation is 2. The van der Waals surface area contributed by atoms with Gasteiger partial charge in [-0.2, -0.15) is 10.2 Å².